The molecule has 1 aromatic heterocycles. The SMILES string of the molecule is CCOC1CC(n2nnnc2C(C)N)C1(C)C. The summed E-state index contributed by atoms with van der Waals surface area (Å²) in [6, 6.07) is 0.127. The van der Waals surface area contributed by atoms with Crippen LogP contribution in [0.2, 0.25) is 0 Å². The molecule has 2 rings (SSSR count). The van der Waals surface area contributed by atoms with Gasteiger partial charge in [-0.3, -0.25) is 0 Å². The molecule has 0 saturated heterocycles. The Morgan fingerprint density at radius 1 is 1.59 bits per heavy atom. The first kappa shape index (κ1) is 12.4. The summed E-state index contributed by atoms with van der Waals surface area (Å²) < 4.78 is 7.57. The molecule has 1 aliphatic rings. The van der Waals surface area contributed by atoms with Crippen molar-refractivity contribution in [2.24, 2.45) is 11.1 Å². The standard InChI is InChI=1S/C11H21N5O/c1-5-17-9-6-8(11(9,3)4)16-10(7(2)12)13-14-15-16/h7-9H,5-6,12H2,1-4H3. The van der Waals surface area contributed by atoms with Gasteiger partial charge in [0.25, 0.3) is 0 Å². The van der Waals surface area contributed by atoms with Crippen LogP contribution in [-0.4, -0.2) is 32.9 Å². The number of rotatable bonds is 4. The number of nitrogens with zero attached hydrogens (tertiary/aromatic N) is 4. The van der Waals surface area contributed by atoms with Crippen LogP contribution in [0.5, 0.6) is 0 Å². The molecule has 3 atom stereocenters. The second kappa shape index (κ2) is 4.34. The van der Waals surface area contributed by atoms with Crippen molar-refractivity contribution in [2.75, 3.05) is 6.61 Å². The Labute approximate surface area is 102 Å². The van der Waals surface area contributed by atoms with Crippen LogP contribution < -0.4 is 5.73 Å². The number of tetrazole rings is 1. The Hall–Kier alpha value is -1.01. The summed E-state index contributed by atoms with van der Waals surface area (Å²) in [5, 5.41) is 11.8. The van der Waals surface area contributed by atoms with Crippen LogP contribution >= 0.6 is 0 Å². The molecule has 0 spiro atoms. The summed E-state index contributed by atoms with van der Waals surface area (Å²) in [4.78, 5) is 0. The van der Waals surface area contributed by atoms with Gasteiger partial charge in [-0.15, -0.1) is 5.10 Å². The van der Waals surface area contributed by atoms with Crippen LogP contribution in [0.25, 0.3) is 0 Å². The van der Waals surface area contributed by atoms with E-state index in [1.165, 1.54) is 0 Å². The molecule has 1 fully saturated rings. The van der Waals surface area contributed by atoms with Gasteiger partial charge in [-0.1, -0.05) is 13.8 Å². The summed E-state index contributed by atoms with van der Waals surface area (Å²) in [5.41, 5.74) is 5.91. The van der Waals surface area contributed by atoms with E-state index in [1.54, 1.807) is 0 Å². The smallest absolute Gasteiger partial charge is 0.168 e. The maximum Gasteiger partial charge on any atom is 0.168 e. The quantitative estimate of drug-likeness (QED) is 0.850. The highest BCUT2D eigenvalue weighted by atomic mass is 16.5. The lowest BCUT2D eigenvalue weighted by Crippen LogP contribution is -2.52. The van der Waals surface area contributed by atoms with Crippen LogP contribution in [0.1, 0.15) is 52.0 Å². The summed E-state index contributed by atoms with van der Waals surface area (Å²) in [6.45, 7) is 9.04. The molecule has 0 bridgehead atoms. The first-order valence-electron chi connectivity index (χ1n) is 6.13. The average Bonchev–Trinajstić information content (AvgIpc) is 2.72. The number of aromatic nitrogens is 4. The van der Waals surface area contributed by atoms with Gasteiger partial charge in [-0.05, 0) is 30.7 Å². The maximum atomic E-state index is 5.86. The molecule has 96 valence electrons. The van der Waals surface area contributed by atoms with E-state index in [0.717, 1.165) is 18.9 Å². The minimum absolute atomic E-state index is 0.0506. The third-order valence-corrected chi connectivity index (χ3v) is 3.71. The van der Waals surface area contributed by atoms with E-state index in [0.29, 0.717) is 0 Å². The van der Waals surface area contributed by atoms with Crippen molar-refractivity contribution in [1.82, 2.24) is 20.2 Å². The van der Waals surface area contributed by atoms with Crippen molar-refractivity contribution in [3.8, 4) is 0 Å². The van der Waals surface area contributed by atoms with Crippen molar-refractivity contribution in [1.29, 1.82) is 0 Å². The molecule has 1 aromatic rings. The first-order chi connectivity index (χ1) is 7.98. The highest BCUT2D eigenvalue weighted by Gasteiger charge is 2.51. The zero-order valence-corrected chi connectivity index (χ0v) is 10.9. The molecule has 1 aliphatic carbocycles. The summed E-state index contributed by atoms with van der Waals surface area (Å²) in [7, 11) is 0. The van der Waals surface area contributed by atoms with Crippen molar-refractivity contribution in [2.45, 2.75) is 52.3 Å². The molecule has 1 saturated carbocycles. The third-order valence-electron chi connectivity index (χ3n) is 3.71. The predicted molar refractivity (Wildman–Crippen MR) is 63.3 cm³/mol. The van der Waals surface area contributed by atoms with E-state index in [2.05, 4.69) is 29.4 Å². The van der Waals surface area contributed by atoms with Crippen LogP contribution in [0.15, 0.2) is 0 Å². The molecule has 2 N–H and O–H groups in total. The van der Waals surface area contributed by atoms with Crippen LogP contribution in [0, 0.1) is 5.41 Å². The summed E-state index contributed by atoms with van der Waals surface area (Å²) >= 11 is 0. The second-order valence-corrected chi connectivity index (χ2v) is 5.29. The molecule has 0 aliphatic heterocycles. The second-order valence-electron chi connectivity index (χ2n) is 5.29. The molecule has 0 amide bonds. The van der Waals surface area contributed by atoms with Crippen LogP contribution in [0.3, 0.4) is 0 Å². The normalized spacial score (nSPS) is 28.8. The summed E-state index contributed by atoms with van der Waals surface area (Å²) in [5.74, 6) is 0.748. The Bertz CT molecular complexity index is 387. The number of hydrogen-bond acceptors (Lipinski definition) is 5. The minimum atomic E-state index is -0.146. The van der Waals surface area contributed by atoms with E-state index >= 15 is 0 Å². The fourth-order valence-corrected chi connectivity index (χ4v) is 2.49. The fourth-order valence-electron chi connectivity index (χ4n) is 2.49. The Morgan fingerprint density at radius 2 is 2.29 bits per heavy atom. The molecule has 3 unspecified atom stereocenters. The molecule has 0 aromatic carbocycles. The zero-order chi connectivity index (χ0) is 12.6. The van der Waals surface area contributed by atoms with Gasteiger partial charge >= 0.3 is 0 Å². The monoisotopic (exact) mass is 239 g/mol. The van der Waals surface area contributed by atoms with Crippen molar-refractivity contribution < 1.29 is 4.74 Å². The van der Waals surface area contributed by atoms with E-state index in [9.17, 15) is 0 Å². The van der Waals surface area contributed by atoms with Gasteiger partial charge in [-0.2, -0.15) is 0 Å². The molecule has 17 heavy (non-hydrogen) atoms. The molecule has 6 heteroatoms. The maximum absolute atomic E-state index is 5.86. The van der Waals surface area contributed by atoms with Gasteiger partial charge in [0.05, 0.1) is 18.2 Å². The highest BCUT2D eigenvalue weighted by molar-refractivity contribution is 5.04. The molecular formula is C11H21N5O. The number of hydrogen-bond donors (Lipinski definition) is 1. The van der Waals surface area contributed by atoms with Gasteiger partial charge in [0.2, 0.25) is 0 Å². The molecule has 0 radical (unpaired) electrons. The molecule has 6 nitrogen and oxygen atoms in total. The fraction of sp³-hybridized carbons (Fsp3) is 0.909. The highest BCUT2D eigenvalue weighted by Crippen LogP contribution is 2.51. The van der Waals surface area contributed by atoms with Crippen LogP contribution in [0.4, 0.5) is 0 Å². The topological polar surface area (TPSA) is 78.8 Å². The Balaban J connectivity index is 2.17. The van der Waals surface area contributed by atoms with Gasteiger partial charge in [0.15, 0.2) is 5.82 Å². The van der Waals surface area contributed by atoms with Gasteiger partial charge < -0.3 is 10.5 Å². The van der Waals surface area contributed by atoms with E-state index < -0.39 is 0 Å². The lowest BCUT2D eigenvalue weighted by molar-refractivity contribution is -0.132. The number of nitrogens with two attached hydrogens (primary N) is 1. The van der Waals surface area contributed by atoms with Crippen molar-refractivity contribution >= 4 is 0 Å². The van der Waals surface area contributed by atoms with Gasteiger partial charge in [0.1, 0.15) is 0 Å². The van der Waals surface area contributed by atoms with Crippen molar-refractivity contribution in [3.05, 3.63) is 5.82 Å². The molecular weight excluding hydrogens is 218 g/mol. The summed E-state index contributed by atoms with van der Waals surface area (Å²) in [6.07, 6.45) is 1.23. The lowest BCUT2D eigenvalue weighted by Gasteiger charge is -2.51. The first-order valence-corrected chi connectivity index (χ1v) is 6.13. The minimum Gasteiger partial charge on any atom is -0.378 e. The van der Waals surface area contributed by atoms with Crippen LogP contribution in [-0.2, 0) is 4.74 Å². The van der Waals surface area contributed by atoms with E-state index in [4.69, 9.17) is 10.5 Å². The molecule has 1 heterocycles. The zero-order valence-electron chi connectivity index (χ0n) is 10.9. The number of ether oxygens (including phenoxy) is 1. The van der Waals surface area contributed by atoms with E-state index in [1.807, 2.05) is 18.5 Å². The van der Waals surface area contributed by atoms with E-state index in [-0.39, 0.29) is 23.6 Å². The Kier molecular flexibility index (Phi) is 3.18. The largest absolute Gasteiger partial charge is 0.378 e. The lowest BCUT2D eigenvalue weighted by atomic mass is 9.64. The van der Waals surface area contributed by atoms with Gasteiger partial charge in [0, 0.05) is 12.0 Å². The van der Waals surface area contributed by atoms with Gasteiger partial charge in [-0.25, -0.2) is 4.68 Å². The Morgan fingerprint density at radius 3 is 2.82 bits per heavy atom. The third kappa shape index (κ3) is 1.95. The average molecular weight is 239 g/mol. The van der Waals surface area contributed by atoms with Crippen molar-refractivity contribution in [3.63, 3.8) is 0 Å². The predicted octanol–water partition coefficient (Wildman–Crippen LogP) is 1.07.